The van der Waals surface area contributed by atoms with E-state index in [1.807, 2.05) is 42.5 Å². The molecular formula is C44H29NO2. The van der Waals surface area contributed by atoms with Crippen molar-refractivity contribution in [3.8, 4) is 45.3 Å². The predicted molar refractivity (Wildman–Crippen MR) is 194 cm³/mol. The zero-order valence-electron chi connectivity index (χ0n) is 25.5. The molecule has 0 N–H and O–H groups in total. The van der Waals surface area contributed by atoms with Crippen molar-refractivity contribution in [2.75, 3.05) is 4.90 Å². The van der Waals surface area contributed by atoms with E-state index in [0.717, 1.165) is 50.5 Å². The Balaban J connectivity index is 1.18. The number of anilines is 3. The summed E-state index contributed by atoms with van der Waals surface area (Å²) in [5, 5.41) is 4.51. The molecule has 0 spiro atoms. The molecule has 0 saturated heterocycles. The van der Waals surface area contributed by atoms with Crippen molar-refractivity contribution in [2.45, 2.75) is 0 Å². The van der Waals surface area contributed by atoms with Gasteiger partial charge < -0.3 is 14.4 Å². The van der Waals surface area contributed by atoms with Crippen molar-refractivity contribution in [3.63, 3.8) is 0 Å². The molecule has 47 heavy (non-hydrogen) atoms. The van der Waals surface area contributed by atoms with Crippen LogP contribution in [0.25, 0.3) is 43.8 Å². The van der Waals surface area contributed by atoms with E-state index in [1.54, 1.807) is 0 Å². The van der Waals surface area contributed by atoms with Gasteiger partial charge in [0.15, 0.2) is 11.5 Å². The standard InChI is InChI=1S/C44H29NO2/c1-2-9-30(10-3-1)32-21-25-37(26-22-32)45(38-27-23-33(24-28-38)36-20-19-31-11-4-5-12-35(31)29-36)39-15-8-18-42-44(39)47-41-17-7-14-34-13-6-16-40(46-42)43(34)41/h1-29H. The molecule has 0 atom stereocenters. The van der Waals surface area contributed by atoms with Gasteiger partial charge in [-0.05, 0) is 93.0 Å². The summed E-state index contributed by atoms with van der Waals surface area (Å²) in [5.74, 6) is 2.90. The number of benzene rings is 8. The second kappa shape index (κ2) is 11.2. The van der Waals surface area contributed by atoms with E-state index in [-0.39, 0.29) is 0 Å². The average Bonchev–Trinajstić information content (AvgIpc) is 3.31. The zero-order valence-corrected chi connectivity index (χ0v) is 25.5. The number of ether oxygens (including phenoxy) is 2. The third-order valence-electron chi connectivity index (χ3n) is 8.90. The summed E-state index contributed by atoms with van der Waals surface area (Å²) in [6, 6.07) is 61.4. The largest absolute Gasteiger partial charge is 0.453 e. The quantitative estimate of drug-likeness (QED) is 0.195. The Bertz CT molecular complexity index is 2390. The summed E-state index contributed by atoms with van der Waals surface area (Å²) < 4.78 is 13.4. The van der Waals surface area contributed by atoms with Gasteiger partial charge >= 0.3 is 0 Å². The fourth-order valence-corrected chi connectivity index (χ4v) is 6.57. The van der Waals surface area contributed by atoms with Gasteiger partial charge in [-0.15, -0.1) is 0 Å². The van der Waals surface area contributed by atoms with Gasteiger partial charge in [-0.25, -0.2) is 0 Å². The molecule has 0 saturated carbocycles. The van der Waals surface area contributed by atoms with Gasteiger partial charge in [0.1, 0.15) is 11.5 Å². The number of hydrogen-bond acceptors (Lipinski definition) is 3. The van der Waals surface area contributed by atoms with E-state index >= 15 is 0 Å². The zero-order chi connectivity index (χ0) is 31.2. The van der Waals surface area contributed by atoms with Crippen molar-refractivity contribution < 1.29 is 9.47 Å². The first-order valence-corrected chi connectivity index (χ1v) is 15.8. The van der Waals surface area contributed by atoms with E-state index in [4.69, 9.17) is 9.47 Å². The van der Waals surface area contributed by atoms with Crippen molar-refractivity contribution in [3.05, 3.63) is 176 Å². The first kappa shape index (κ1) is 27.0. The van der Waals surface area contributed by atoms with Crippen LogP contribution in [0.5, 0.6) is 23.0 Å². The molecule has 3 nitrogen and oxygen atoms in total. The summed E-state index contributed by atoms with van der Waals surface area (Å²) >= 11 is 0. The first-order valence-electron chi connectivity index (χ1n) is 15.8. The maximum Gasteiger partial charge on any atom is 0.193 e. The summed E-state index contributed by atoms with van der Waals surface area (Å²) in [6.07, 6.45) is 0. The van der Waals surface area contributed by atoms with Crippen LogP contribution in [0.3, 0.4) is 0 Å². The molecule has 0 aromatic heterocycles. The molecule has 0 unspecified atom stereocenters. The molecule has 0 amide bonds. The monoisotopic (exact) mass is 603 g/mol. The fourth-order valence-electron chi connectivity index (χ4n) is 6.57. The molecule has 3 heteroatoms. The molecule has 0 aliphatic carbocycles. The van der Waals surface area contributed by atoms with E-state index in [2.05, 4.69) is 138 Å². The molecule has 1 heterocycles. The average molecular weight is 604 g/mol. The lowest BCUT2D eigenvalue weighted by Gasteiger charge is -2.28. The maximum absolute atomic E-state index is 6.79. The van der Waals surface area contributed by atoms with Gasteiger partial charge in [-0.1, -0.05) is 121 Å². The van der Waals surface area contributed by atoms with E-state index in [0.29, 0.717) is 11.5 Å². The van der Waals surface area contributed by atoms with Crippen molar-refractivity contribution in [1.82, 2.24) is 0 Å². The second-order valence-corrected chi connectivity index (χ2v) is 11.8. The Kier molecular flexibility index (Phi) is 6.46. The second-order valence-electron chi connectivity index (χ2n) is 11.8. The summed E-state index contributed by atoms with van der Waals surface area (Å²) in [6.45, 7) is 0. The Morgan fingerprint density at radius 1 is 0.340 bits per heavy atom. The van der Waals surface area contributed by atoms with Gasteiger partial charge in [-0.2, -0.15) is 0 Å². The molecule has 9 rings (SSSR count). The van der Waals surface area contributed by atoms with E-state index in [1.165, 1.54) is 21.9 Å². The van der Waals surface area contributed by atoms with Crippen LogP contribution in [-0.4, -0.2) is 0 Å². The minimum absolute atomic E-state index is 0.668. The number of rotatable bonds is 5. The molecular weight excluding hydrogens is 574 g/mol. The van der Waals surface area contributed by atoms with Gasteiger partial charge in [0.2, 0.25) is 0 Å². The Labute approximate surface area is 273 Å². The van der Waals surface area contributed by atoms with E-state index < -0.39 is 0 Å². The SMILES string of the molecule is c1ccc(-c2ccc(N(c3ccc(-c4ccc5ccccc5c4)cc3)c3cccc4c3Oc3cccc5cccc(c35)O4)cc2)cc1. The predicted octanol–water partition coefficient (Wildman–Crippen LogP) is 12.7. The normalized spacial score (nSPS) is 11.7. The van der Waals surface area contributed by atoms with Gasteiger partial charge in [0.05, 0.1) is 11.1 Å². The maximum atomic E-state index is 6.79. The number of fused-ring (bicyclic) bond motifs is 2. The van der Waals surface area contributed by atoms with Gasteiger partial charge in [-0.3, -0.25) is 0 Å². The van der Waals surface area contributed by atoms with Gasteiger partial charge in [0, 0.05) is 11.4 Å². The molecule has 222 valence electrons. The van der Waals surface area contributed by atoms with E-state index in [9.17, 15) is 0 Å². The molecule has 1 aliphatic rings. The van der Waals surface area contributed by atoms with Crippen LogP contribution in [-0.2, 0) is 0 Å². The third kappa shape index (κ3) is 4.86. The Morgan fingerprint density at radius 3 is 1.60 bits per heavy atom. The fraction of sp³-hybridized carbons (Fsp3) is 0. The minimum atomic E-state index is 0.668. The van der Waals surface area contributed by atoms with Gasteiger partial charge in [0.25, 0.3) is 0 Å². The van der Waals surface area contributed by atoms with Crippen LogP contribution in [0.15, 0.2) is 176 Å². The minimum Gasteiger partial charge on any atom is -0.453 e. The lowest BCUT2D eigenvalue weighted by molar-refractivity contribution is 0.440. The van der Waals surface area contributed by atoms with Crippen LogP contribution in [0.4, 0.5) is 17.1 Å². The molecule has 0 fully saturated rings. The van der Waals surface area contributed by atoms with Crippen LogP contribution < -0.4 is 14.4 Å². The highest BCUT2D eigenvalue weighted by atomic mass is 16.5. The van der Waals surface area contributed by atoms with Crippen LogP contribution in [0.2, 0.25) is 0 Å². The third-order valence-corrected chi connectivity index (χ3v) is 8.90. The van der Waals surface area contributed by atoms with Crippen LogP contribution >= 0.6 is 0 Å². The number of nitrogens with zero attached hydrogens (tertiary/aromatic N) is 1. The Morgan fingerprint density at radius 2 is 0.872 bits per heavy atom. The highest BCUT2D eigenvalue weighted by Gasteiger charge is 2.25. The number of para-hydroxylation sites is 1. The molecule has 8 aromatic carbocycles. The smallest absolute Gasteiger partial charge is 0.193 e. The summed E-state index contributed by atoms with van der Waals surface area (Å²) in [4.78, 5) is 2.25. The Hall–Kier alpha value is -6.32. The molecule has 1 aliphatic heterocycles. The molecule has 0 bridgehead atoms. The lowest BCUT2D eigenvalue weighted by Crippen LogP contribution is -2.11. The molecule has 8 aromatic rings. The van der Waals surface area contributed by atoms with Crippen LogP contribution in [0.1, 0.15) is 0 Å². The van der Waals surface area contributed by atoms with Crippen LogP contribution in [0, 0.1) is 0 Å². The van der Waals surface area contributed by atoms with Crippen molar-refractivity contribution in [2.24, 2.45) is 0 Å². The molecule has 0 radical (unpaired) electrons. The van der Waals surface area contributed by atoms with Crippen molar-refractivity contribution in [1.29, 1.82) is 0 Å². The lowest BCUT2D eigenvalue weighted by atomic mass is 10.0. The highest BCUT2D eigenvalue weighted by molar-refractivity contribution is 5.96. The number of hydrogen-bond donors (Lipinski definition) is 0. The topological polar surface area (TPSA) is 21.7 Å². The summed E-state index contributed by atoms with van der Waals surface area (Å²) in [7, 11) is 0. The summed E-state index contributed by atoms with van der Waals surface area (Å²) in [5.41, 5.74) is 7.60. The highest BCUT2D eigenvalue weighted by Crippen LogP contribution is 2.52. The van der Waals surface area contributed by atoms with Crippen molar-refractivity contribution >= 4 is 38.6 Å². The first-order chi connectivity index (χ1) is 23.3.